The second kappa shape index (κ2) is 9.62. The maximum absolute atomic E-state index is 12.5. The third kappa shape index (κ3) is 4.81. The van der Waals surface area contributed by atoms with Gasteiger partial charge in [-0.3, -0.25) is 0 Å². The van der Waals surface area contributed by atoms with Crippen molar-refractivity contribution in [3.05, 3.63) is 70.9 Å². The first-order valence-corrected chi connectivity index (χ1v) is 10.1. The van der Waals surface area contributed by atoms with Crippen LogP contribution in [0.3, 0.4) is 0 Å². The molecule has 0 atom stereocenters. The van der Waals surface area contributed by atoms with Crippen LogP contribution in [0.5, 0.6) is 0 Å². The van der Waals surface area contributed by atoms with Crippen molar-refractivity contribution in [3.8, 4) is 0 Å². The second-order valence-electron chi connectivity index (χ2n) is 6.46. The molecular formula is C22H23NO5S. The minimum Gasteiger partial charge on any atom is -0.466 e. The van der Waals surface area contributed by atoms with Gasteiger partial charge in [-0.25, -0.2) is 9.59 Å². The van der Waals surface area contributed by atoms with Crippen molar-refractivity contribution < 1.29 is 23.8 Å². The van der Waals surface area contributed by atoms with E-state index in [4.69, 9.17) is 14.2 Å². The van der Waals surface area contributed by atoms with Gasteiger partial charge in [0.2, 0.25) is 0 Å². The van der Waals surface area contributed by atoms with Gasteiger partial charge in [-0.2, -0.15) is 0 Å². The van der Waals surface area contributed by atoms with Gasteiger partial charge in [0.15, 0.2) is 0 Å². The minimum absolute atomic E-state index is 0.00766. The van der Waals surface area contributed by atoms with E-state index in [1.165, 1.54) is 25.3 Å². The smallest absolute Gasteiger partial charge is 0.355 e. The van der Waals surface area contributed by atoms with Crippen LogP contribution in [0.4, 0.5) is 5.69 Å². The quantitative estimate of drug-likeness (QED) is 0.529. The van der Waals surface area contributed by atoms with Crippen LogP contribution >= 0.6 is 11.8 Å². The zero-order valence-corrected chi connectivity index (χ0v) is 17.5. The standard InChI is InChI=1S/C22H23NO5S/c1-15-8-10-16(11-9-15)13-29-19-7-5-4-6-18(19)23-14-28-12-17(21(24)26-2)20(23)22(25)27-3/h4-11H,12-14H2,1-3H3. The van der Waals surface area contributed by atoms with E-state index < -0.39 is 11.9 Å². The van der Waals surface area contributed by atoms with Crippen LogP contribution in [0, 0.1) is 6.92 Å². The summed E-state index contributed by atoms with van der Waals surface area (Å²) in [6, 6.07) is 16.1. The molecule has 7 heteroatoms. The first kappa shape index (κ1) is 21.0. The highest BCUT2D eigenvalue weighted by molar-refractivity contribution is 7.98. The third-order valence-corrected chi connectivity index (χ3v) is 5.64. The molecule has 2 aromatic rings. The highest BCUT2D eigenvalue weighted by atomic mass is 32.2. The molecule has 1 heterocycles. The molecule has 6 nitrogen and oxygen atoms in total. The van der Waals surface area contributed by atoms with Gasteiger partial charge in [-0.05, 0) is 24.6 Å². The van der Waals surface area contributed by atoms with Crippen molar-refractivity contribution in [2.75, 3.05) is 32.5 Å². The van der Waals surface area contributed by atoms with E-state index in [1.54, 1.807) is 16.7 Å². The minimum atomic E-state index is -0.611. The van der Waals surface area contributed by atoms with Crippen LogP contribution < -0.4 is 4.90 Å². The molecule has 0 aromatic heterocycles. The zero-order valence-electron chi connectivity index (χ0n) is 16.6. The monoisotopic (exact) mass is 413 g/mol. The molecule has 1 aliphatic rings. The number of ether oxygens (including phenoxy) is 3. The summed E-state index contributed by atoms with van der Waals surface area (Å²) in [5.74, 6) is -0.445. The van der Waals surface area contributed by atoms with Gasteiger partial charge in [0.05, 0.1) is 32.1 Å². The Morgan fingerprint density at radius 3 is 2.41 bits per heavy atom. The summed E-state index contributed by atoms with van der Waals surface area (Å²) < 4.78 is 15.3. The molecule has 0 aliphatic carbocycles. The van der Waals surface area contributed by atoms with Crippen molar-refractivity contribution in [2.24, 2.45) is 0 Å². The van der Waals surface area contributed by atoms with Gasteiger partial charge in [-0.1, -0.05) is 42.0 Å². The molecule has 0 amide bonds. The van der Waals surface area contributed by atoms with Crippen molar-refractivity contribution in [1.29, 1.82) is 0 Å². The van der Waals surface area contributed by atoms with Gasteiger partial charge >= 0.3 is 11.9 Å². The fourth-order valence-corrected chi connectivity index (χ4v) is 4.00. The molecule has 0 N–H and O–H groups in total. The van der Waals surface area contributed by atoms with Crippen LogP contribution in [0.2, 0.25) is 0 Å². The molecular weight excluding hydrogens is 390 g/mol. The largest absolute Gasteiger partial charge is 0.466 e. The fraction of sp³-hybridized carbons (Fsp3) is 0.273. The predicted molar refractivity (Wildman–Crippen MR) is 112 cm³/mol. The van der Waals surface area contributed by atoms with Crippen molar-refractivity contribution in [1.82, 2.24) is 0 Å². The number of methoxy groups -OCH3 is 2. The lowest BCUT2D eigenvalue weighted by Gasteiger charge is -2.32. The first-order valence-electron chi connectivity index (χ1n) is 9.07. The second-order valence-corrected chi connectivity index (χ2v) is 7.48. The number of thioether (sulfide) groups is 1. The number of hydrogen-bond donors (Lipinski definition) is 0. The summed E-state index contributed by atoms with van der Waals surface area (Å²) >= 11 is 1.65. The maximum Gasteiger partial charge on any atom is 0.355 e. The lowest BCUT2D eigenvalue weighted by molar-refractivity contribution is -0.140. The highest BCUT2D eigenvalue weighted by Crippen LogP contribution is 2.36. The molecule has 152 valence electrons. The number of para-hydroxylation sites is 1. The summed E-state index contributed by atoms with van der Waals surface area (Å²) in [5, 5.41) is 0. The Morgan fingerprint density at radius 1 is 1.03 bits per heavy atom. The summed E-state index contributed by atoms with van der Waals surface area (Å²) in [4.78, 5) is 27.3. The lowest BCUT2D eigenvalue weighted by Crippen LogP contribution is -2.39. The molecule has 29 heavy (non-hydrogen) atoms. The number of aryl methyl sites for hydroxylation is 1. The van der Waals surface area contributed by atoms with Crippen LogP contribution in [-0.4, -0.2) is 39.5 Å². The molecule has 0 radical (unpaired) electrons. The predicted octanol–water partition coefficient (Wildman–Crippen LogP) is 3.68. The van der Waals surface area contributed by atoms with Crippen molar-refractivity contribution in [3.63, 3.8) is 0 Å². The summed E-state index contributed by atoms with van der Waals surface area (Å²) in [6.07, 6.45) is 0. The van der Waals surface area contributed by atoms with Gasteiger partial charge in [0, 0.05) is 10.6 Å². The molecule has 0 saturated heterocycles. The SMILES string of the molecule is COC(=O)C1=C(C(=O)OC)N(c2ccccc2SCc2ccc(C)cc2)COC1. The first-order chi connectivity index (χ1) is 14.0. The number of nitrogens with zero attached hydrogens (tertiary/aromatic N) is 1. The Hall–Kier alpha value is -2.77. The molecule has 3 rings (SSSR count). The number of hydrogen-bond acceptors (Lipinski definition) is 7. The fourth-order valence-electron chi connectivity index (χ4n) is 2.98. The van der Waals surface area contributed by atoms with E-state index in [9.17, 15) is 9.59 Å². The third-order valence-electron chi connectivity index (χ3n) is 4.50. The van der Waals surface area contributed by atoms with Crippen LogP contribution in [-0.2, 0) is 29.6 Å². The Morgan fingerprint density at radius 2 is 1.72 bits per heavy atom. The normalized spacial score (nSPS) is 14.0. The molecule has 0 saturated carbocycles. The van der Waals surface area contributed by atoms with Gasteiger partial charge in [-0.15, -0.1) is 11.8 Å². The van der Waals surface area contributed by atoms with Gasteiger partial charge < -0.3 is 19.1 Å². The van der Waals surface area contributed by atoms with E-state index >= 15 is 0 Å². The number of benzene rings is 2. The number of carbonyl (C=O) groups excluding carboxylic acids is 2. The lowest BCUT2D eigenvalue weighted by atomic mass is 10.1. The van der Waals surface area contributed by atoms with E-state index in [0.29, 0.717) is 0 Å². The Kier molecular flexibility index (Phi) is 6.95. The average Bonchev–Trinajstić information content (AvgIpc) is 2.77. The van der Waals surface area contributed by atoms with E-state index in [2.05, 4.69) is 31.2 Å². The number of anilines is 1. The van der Waals surface area contributed by atoms with Crippen molar-refractivity contribution >= 4 is 29.4 Å². The average molecular weight is 413 g/mol. The van der Waals surface area contributed by atoms with Crippen LogP contribution in [0.25, 0.3) is 0 Å². The maximum atomic E-state index is 12.5. The molecule has 1 aliphatic heterocycles. The van der Waals surface area contributed by atoms with Gasteiger partial charge in [0.25, 0.3) is 0 Å². The zero-order chi connectivity index (χ0) is 20.8. The highest BCUT2D eigenvalue weighted by Gasteiger charge is 2.33. The summed E-state index contributed by atoms with van der Waals surface area (Å²) in [7, 11) is 2.56. The van der Waals surface area contributed by atoms with Gasteiger partial charge in [0.1, 0.15) is 12.4 Å². The number of rotatable bonds is 6. The number of carbonyl (C=O) groups is 2. The topological polar surface area (TPSA) is 65.1 Å². The van der Waals surface area contributed by atoms with E-state index in [-0.39, 0.29) is 24.6 Å². The summed E-state index contributed by atoms with van der Waals surface area (Å²) in [5.41, 5.74) is 3.47. The molecule has 0 spiro atoms. The Labute approximate surface area is 174 Å². The van der Waals surface area contributed by atoms with E-state index in [1.807, 2.05) is 24.3 Å². The van der Waals surface area contributed by atoms with Crippen molar-refractivity contribution in [2.45, 2.75) is 17.6 Å². The summed E-state index contributed by atoms with van der Waals surface area (Å²) in [6.45, 7) is 2.18. The van der Waals surface area contributed by atoms with Crippen LogP contribution in [0.1, 0.15) is 11.1 Å². The molecule has 0 fully saturated rings. The Balaban J connectivity index is 1.95. The molecule has 0 unspecified atom stereocenters. The molecule has 0 bridgehead atoms. The van der Waals surface area contributed by atoms with Crippen LogP contribution in [0.15, 0.2) is 64.7 Å². The Bertz CT molecular complexity index is 923. The molecule has 2 aromatic carbocycles. The van der Waals surface area contributed by atoms with E-state index in [0.717, 1.165) is 16.3 Å². The number of esters is 2.